The van der Waals surface area contributed by atoms with Crippen molar-refractivity contribution in [2.24, 2.45) is 28.6 Å². The normalized spacial score (nSPS) is 51.6. The quantitative estimate of drug-likeness (QED) is 0.700. The molecule has 7 atom stereocenters. The average molecular weight is 414 g/mol. The van der Waals surface area contributed by atoms with Crippen molar-refractivity contribution < 1.29 is 28.9 Å². The van der Waals surface area contributed by atoms with Crippen LogP contribution in [0.1, 0.15) is 51.9 Å². The van der Waals surface area contributed by atoms with Crippen LogP contribution in [0.15, 0.2) is 23.3 Å². The Morgan fingerprint density at radius 3 is 2.73 bits per heavy atom. The second-order valence-electron chi connectivity index (χ2n) is 10.7. The molecule has 30 heavy (non-hydrogen) atoms. The summed E-state index contributed by atoms with van der Waals surface area (Å²) in [6.45, 7) is 3.04. The van der Waals surface area contributed by atoms with Crippen LogP contribution >= 0.6 is 0 Å². The third kappa shape index (κ3) is 2.06. The molecule has 3 saturated carbocycles. The van der Waals surface area contributed by atoms with E-state index in [1.54, 1.807) is 13.2 Å². The van der Waals surface area contributed by atoms with E-state index in [2.05, 4.69) is 6.92 Å². The summed E-state index contributed by atoms with van der Waals surface area (Å²) in [5.41, 5.74) is 0.702. The summed E-state index contributed by atoms with van der Waals surface area (Å²) < 4.78 is 18.0. The van der Waals surface area contributed by atoms with Gasteiger partial charge in [0, 0.05) is 42.8 Å². The molecule has 2 aliphatic heterocycles. The zero-order valence-electron chi connectivity index (χ0n) is 17.7. The van der Waals surface area contributed by atoms with Gasteiger partial charge in [0.15, 0.2) is 11.6 Å². The van der Waals surface area contributed by atoms with Crippen LogP contribution in [-0.2, 0) is 23.8 Å². The van der Waals surface area contributed by atoms with Crippen molar-refractivity contribution in [3.05, 3.63) is 23.3 Å². The number of aliphatic hydroxyl groups is 1. The first-order chi connectivity index (χ1) is 14.3. The highest BCUT2D eigenvalue weighted by Gasteiger charge is 2.77. The molecule has 7 unspecified atom stereocenters. The summed E-state index contributed by atoms with van der Waals surface area (Å²) in [6, 6.07) is 0. The molecule has 4 fully saturated rings. The van der Waals surface area contributed by atoms with Crippen LogP contribution in [0, 0.1) is 28.6 Å². The van der Waals surface area contributed by atoms with Crippen molar-refractivity contribution >= 4 is 11.8 Å². The number of methoxy groups -OCH3 is 1. The fourth-order valence-corrected chi connectivity index (χ4v) is 8.56. The lowest BCUT2D eigenvalue weighted by Gasteiger charge is -2.63. The minimum absolute atomic E-state index is 0.0488. The van der Waals surface area contributed by atoms with Gasteiger partial charge < -0.3 is 19.3 Å². The van der Waals surface area contributed by atoms with Gasteiger partial charge in [-0.3, -0.25) is 4.79 Å². The third-order valence-electron chi connectivity index (χ3n) is 9.84. The summed E-state index contributed by atoms with van der Waals surface area (Å²) in [7, 11) is 1.72. The van der Waals surface area contributed by atoms with E-state index < -0.39 is 16.8 Å². The SMILES string of the molecule is COC12CC3(C)C(C4=CC(=O)OC4)CCC3(O)C3CCC4=CC(=O)CCC4(CO1)C32. The van der Waals surface area contributed by atoms with E-state index in [-0.39, 0.29) is 34.9 Å². The van der Waals surface area contributed by atoms with Crippen LogP contribution in [0.3, 0.4) is 0 Å². The molecular formula is C24H30O6. The number of esters is 1. The van der Waals surface area contributed by atoms with Crippen molar-refractivity contribution in [2.45, 2.75) is 63.3 Å². The van der Waals surface area contributed by atoms with Gasteiger partial charge in [-0.2, -0.15) is 0 Å². The lowest BCUT2D eigenvalue weighted by Crippen LogP contribution is -2.68. The fourth-order valence-electron chi connectivity index (χ4n) is 8.56. The zero-order chi connectivity index (χ0) is 20.9. The van der Waals surface area contributed by atoms with E-state index in [9.17, 15) is 14.7 Å². The predicted octanol–water partition coefficient (Wildman–Crippen LogP) is 2.70. The summed E-state index contributed by atoms with van der Waals surface area (Å²) in [4.78, 5) is 23.9. The summed E-state index contributed by atoms with van der Waals surface area (Å²) >= 11 is 0. The number of cyclic esters (lactones) is 1. The second-order valence-corrected chi connectivity index (χ2v) is 10.7. The summed E-state index contributed by atoms with van der Waals surface area (Å²) in [5.74, 6) is -0.662. The minimum atomic E-state index is -0.843. The van der Waals surface area contributed by atoms with E-state index in [4.69, 9.17) is 14.2 Å². The number of hydrogen-bond donors (Lipinski definition) is 1. The van der Waals surface area contributed by atoms with Crippen molar-refractivity contribution in [2.75, 3.05) is 20.3 Å². The van der Waals surface area contributed by atoms with E-state index in [0.717, 1.165) is 31.3 Å². The van der Waals surface area contributed by atoms with Crippen LogP contribution in [0.2, 0.25) is 0 Å². The Labute approximate surface area is 176 Å². The van der Waals surface area contributed by atoms with E-state index >= 15 is 0 Å². The first-order valence-electron chi connectivity index (χ1n) is 11.3. The Bertz CT molecular complexity index is 905. The lowest BCUT2D eigenvalue weighted by atomic mass is 9.44. The largest absolute Gasteiger partial charge is 0.458 e. The van der Waals surface area contributed by atoms with Crippen molar-refractivity contribution in [3.8, 4) is 0 Å². The third-order valence-corrected chi connectivity index (χ3v) is 9.84. The maximum Gasteiger partial charge on any atom is 0.331 e. The van der Waals surface area contributed by atoms with Gasteiger partial charge in [0.25, 0.3) is 0 Å². The van der Waals surface area contributed by atoms with Gasteiger partial charge in [0.2, 0.25) is 0 Å². The molecule has 1 saturated heterocycles. The van der Waals surface area contributed by atoms with Crippen molar-refractivity contribution in [1.29, 1.82) is 0 Å². The van der Waals surface area contributed by atoms with Gasteiger partial charge in [0.05, 0.1) is 12.2 Å². The minimum Gasteiger partial charge on any atom is -0.458 e. The van der Waals surface area contributed by atoms with E-state index in [1.165, 1.54) is 5.57 Å². The molecule has 4 aliphatic carbocycles. The van der Waals surface area contributed by atoms with Crippen molar-refractivity contribution in [3.63, 3.8) is 0 Å². The van der Waals surface area contributed by atoms with Crippen LogP contribution < -0.4 is 0 Å². The van der Waals surface area contributed by atoms with Crippen LogP contribution in [0.25, 0.3) is 0 Å². The average Bonchev–Trinajstić information content (AvgIpc) is 3.36. The zero-order valence-corrected chi connectivity index (χ0v) is 17.7. The highest BCUT2D eigenvalue weighted by molar-refractivity contribution is 5.91. The number of rotatable bonds is 2. The molecule has 0 aromatic carbocycles. The Balaban J connectivity index is 1.48. The molecule has 6 nitrogen and oxygen atoms in total. The smallest absolute Gasteiger partial charge is 0.331 e. The maximum atomic E-state index is 12.3. The first-order valence-corrected chi connectivity index (χ1v) is 11.3. The molecule has 6 rings (SSSR count). The molecule has 0 amide bonds. The molecule has 1 N–H and O–H groups in total. The fraction of sp³-hybridized carbons (Fsp3) is 0.750. The molecule has 6 aliphatic rings. The molecular weight excluding hydrogens is 384 g/mol. The van der Waals surface area contributed by atoms with E-state index in [1.807, 2.05) is 6.08 Å². The molecule has 6 heteroatoms. The maximum absolute atomic E-state index is 12.3. The molecule has 0 aromatic rings. The number of carbonyl (C=O) groups excluding carboxylic acids is 2. The first kappa shape index (κ1) is 19.2. The molecule has 2 heterocycles. The monoisotopic (exact) mass is 414 g/mol. The summed E-state index contributed by atoms with van der Waals surface area (Å²) in [5, 5.41) is 12.3. The standard InChI is InChI=1S/C24H30O6/c1-21-12-24(28-2)20-18(4-3-15-10-16(25)5-7-22(15,20)13-30-24)23(21,27)8-6-17(21)14-9-19(26)29-11-14/h9-10,17-18,20,27H,3-8,11-13H2,1-2H3. The Morgan fingerprint density at radius 1 is 1.17 bits per heavy atom. The highest BCUT2D eigenvalue weighted by atomic mass is 16.7. The number of ketones is 1. The predicted molar refractivity (Wildman–Crippen MR) is 106 cm³/mol. The molecule has 0 radical (unpaired) electrons. The van der Waals surface area contributed by atoms with Gasteiger partial charge in [-0.25, -0.2) is 4.79 Å². The summed E-state index contributed by atoms with van der Waals surface area (Å²) in [6.07, 6.45) is 8.63. The van der Waals surface area contributed by atoms with Crippen LogP contribution in [0.4, 0.5) is 0 Å². The van der Waals surface area contributed by atoms with Crippen LogP contribution in [0.5, 0.6) is 0 Å². The van der Waals surface area contributed by atoms with Crippen molar-refractivity contribution in [1.82, 2.24) is 0 Å². The van der Waals surface area contributed by atoms with Crippen LogP contribution in [-0.4, -0.2) is 48.6 Å². The number of fused-ring (bicyclic) bond motifs is 2. The van der Waals surface area contributed by atoms with Gasteiger partial charge in [-0.1, -0.05) is 12.5 Å². The lowest BCUT2D eigenvalue weighted by molar-refractivity contribution is -0.309. The van der Waals surface area contributed by atoms with Gasteiger partial charge >= 0.3 is 5.97 Å². The molecule has 0 aromatic heterocycles. The topological polar surface area (TPSA) is 82.1 Å². The highest BCUT2D eigenvalue weighted by Crippen LogP contribution is 2.74. The van der Waals surface area contributed by atoms with Gasteiger partial charge in [0.1, 0.15) is 6.61 Å². The Kier molecular flexibility index (Phi) is 3.74. The Morgan fingerprint density at radius 2 is 2.00 bits per heavy atom. The number of carbonyl (C=O) groups is 2. The number of hydrogen-bond acceptors (Lipinski definition) is 6. The van der Waals surface area contributed by atoms with Gasteiger partial charge in [-0.15, -0.1) is 0 Å². The molecule has 1 spiro atoms. The number of ether oxygens (including phenoxy) is 3. The Hall–Kier alpha value is -1.50. The molecule has 162 valence electrons. The van der Waals surface area contributed by atoms with Gasteiger partial charge in [-0.05, 0) is 55.6 Å². The van der Waals surface area contributed by atoms with E-state index in [0.29, 0.717) is 32.5 Å². The second kappa shape index (κ2) is 5.84. The molecule has 0 bridgehead atoms.